The van der Waals surface area contributed by atoms with Crippen molar-refractivity contribution in [3.05, 3.63) is 11.6 Å². The Kier molecular flexibility index (Phi) is 20.4. The van der Waals surface area contributed by atoms with Crippen molar-refractivity contribution in [3.63, 3.8) is 0 Å². The van der Waals surface area contributed by atoms with Crippen molar-refractivity contribution in [1.29, 1.82) is 0 Å². The van der Waals surface area contributed by atoms with E-state index in [2.05, 4.69) is 26.8 Å². The van der Waals surface area contributed by atoms with Gasteiger partial charge in [0.2, 0.25) is 0 Å². The van der Waals surface area contributed by atoms with E-state index in [4.69, 9.17) is 52.1 Å². The van der Waals surface area contributed by atoms with Crippen molar-refractivity contribution in [1.82, 2.24) is 0 Å². The number of allylic oxidation sites excluding steroid dienone is 1. The van der Waals surface area contributed by atoms with Crippen molar-refractivity contribution in [2.24, 2.45) is 46.3 Å². The highest BCUT2D eigenvalue weighted by Gasteiger charge is 2.68. The third-order valence-corrected chi connectivity index (χ3v) is 21.3. The zero-order chi connectivity index (χ0) is 60.6. The van der Waals surface area contributed by atoms with E-state index in [0.717, 1.165) is 32.1 Å². The standard InChI is InChI=1S/C56H92O28/c1-21(19-74-49-43(70)39(66)36(63)30(15-57)77-49)7-12-56(73)22(2)34-29(84-56)14-27-25-6-5-23-13-24(8-10-54(23,3)26(25)9-11-55(27,34)4)76-51-45(72)41(68)46(33(18-60)80-51)81-53-48(83-52-44(71)40(67)37(64)31(16-58)78-52)47(38(65)32(17-59)79-53)82-50-42(69)35(62)28(61)20-75-50/h5,21-22,24-53,57-73H,6-20H2,1-4H3/t21-,22-,24?,25?,26?,27?,28?,29?,30?,31?,32?,33?,34?,35?,36?,37?,38?,39?,40?,41?,42?,43?,44?,45?,46?,47?,48?,49?,50?,51?,52?,53?,54-,55-,56+/m0/s1. The largest absolute Gasteiger partial charge is 0.394 e. The van der Waals surface area contributed by atoms with Gasteiger partial charge in [-0.3, -0.25) is 0 Å². The maximum atomic E-state index is 12.1. The van der Waals surface area contributed by atoms with Crippen molar-refractivity contribution < 1.29 is 139 Å². The summed E-state index contributed by atoms with van der Waals surface area (Å²) in [5, 5.41) is 182. The molecule has 9 fully saturated rings. The molecule has 10 aliphatic rings. The summed E-state index contributed by atoms with van der Waals surface area (Å²) in [7, 11) is 0. The van der Waals surface area contributed by atoms with Crippen LogP contribution in [0, 0.1) is 46.3 Å². The Hall–Kier alpha value is -1.38. The molecule has 10 rings (SSSR count). The second-order valence-corrected chi connectivity index (χ2v) is 26.2. The molecule has 6 aliphatic heterocycles. The van der Waals surface area contributed by atoms with Crippen LogP contribution in [0.15, 0.2) is 11.6 Å². The number of hydrogen-bond donors (Lipinski definition) is 17. The van der Waals surface area contributed by atoms with E-state index in [0.29, 0.717) is 43.4 Å². The topological polar surface area (TPSA) is 445 Å². The van der Waals surface area contributed by atoms with Crippen LogP contribution >= 0.6 is 0 Å². The minimum Gasteiger partial charge on any atom is -0.394 e. The molecule has 0 amide bonds. The van der Waals surface area contributed by atoms with Crippen LogP contribution in [0.2, 0.25) is 0 Å². The van der Waals surface area contributed by atoms with Gasteiger partial charge in [-0.2, -0.15) is 0 Å². The van der Waals surface area contributed by atoms with E-state index in [-0.39, 0.29) is 41.3 Å². The predicted molar refractivity (Wildman–Crippen MR) is 278 cm³/mol. The molecule has 3 saturated carbocycles. The molecule has 0 aromatic rings. The Balaban J connectivity index is 0.772. The van der Waals surface area contributed by atoms with Gasteiger partial charge in [0.1, 0.15) is 116 Å². The van der Waals surface area contributed by atoms with Crippen LogP contribution in [0.4, 0.5) is 0 Å². The average molecular weight is 1210 g/mol. The van der Waals surface area contributed by atoms with Gasteiger partial charge in [0.15, 0.2) is 37.2 Å². The lowest BCUT2D eigenvalue weighted by atomic mass is 9.47. The molecule has 6 saturated heterocycles. The summed E-state index contributed by atoms with van der Waals surface area (Å²) < 4.78 is 65.8. The molecule has 0 radical (unpaired) electrons. The van der Waals surface area contributed by atoms with E-state index in [1.807, 2.05) is 6.92 Å². The Morgan fingerprint density at radius 1 is 0.583 bits per heavy atom. The van der Waals surface area contributed by atoms with E-state index in [1.165, 1.54) is 5.57 Å². The highest BCUT2D eigenvalue weighted by atomic mass is 16.8. The molecule has 4 aliphatic carbocycles. The Morgan fingerprint density at radius 3 is 1.81 bits per heavy atom. The molecule has 6 heterocycles. The molecule has 0 aromatic heterocycles. The van der Waals surface area contributed by atoms with Crippen LogP contribution in [0.25, 0.3) is 0 Å². The molecule has 84 heavy (non-hydrogen) atoms. The zero-order valence-corrected chi connectivity index (χ0v) is 47.8. The summed E-state index contributed by atoms with van der Waals surface area (Å²) in [5.41, 5.74) is 0.974. The number of rotatable bonds is 18. The van der Waals surface area contributed by atoms with Crippen molar-refractivity contribution in [2.75, 3.05) is 39.6 Å². The normalized spacial score (nSPS) is 54.4. The molecule has 35 atom stereocenters. The summed E-state index contributed by atoms with van der Waals surface area (Å²) in [5.74, 6) is -0.410. The van der Waals surface area contributed by atoms with Crippen molar-refractivity contribution in [2.45, 2.75) is 251 Å². The first-order valence-electron chi connectivity index (χ1n) is 30.0. The molecule has 0 aromatic carbocycles. The molecule has 0 bridgehead atoms. The molecule has 0 spiro atoms. The fourth-order valence-corrected chi connectivity index (χ4v) is 16.2. The first-order chi connectivity index (χ1) is 39.8. The van der Waals surface area contributed by atoms with Gasteiger partial charge in [-0.05, 0) is 91.8 Å². The van der Waals surface area contributed by atoms with Crippen LogP contribution in [-0.4, -0.2) is 292 Å². The summed E-state index contributed by atoms with van der Waals surface area (Å²) in [6.45, 7) is 5.17. The highest BCUT2D eigenvalue weighted by molar-refractivity contribution is 5.26. The minimum atomic E-state index is -2.03. The first-order valence-corrected chi connectivity index (χ1v) is 30.0. The van der Waals surface area contributed by atoms with Gasteiger partial charge in [-0.1, -0.05) is 39.3 Å². The van der Waals surface area contributed by atoms with Crippen LogP contribution < -0.4 is 0 Å². The van der Waals surface area contributed by atoms with Gasteiger partial charge >= 0.3 is 0 Å². The molecule has 17 N–H and O–H groups in total. The lowest BCUT2D eigenvalue weighted by Gasteiger charge is -2.58. The number of aliphatic hydroxyl groups is 17. The predicted octanol–water partition coefficient (Wildman–Crippen LogP) is -5.57. The molecule has 484 valence electrons. The molecular weight excluding hydrogens is 1120 g/mol. The van der Waals surface area contributed by atoms with Crippen LogP contribution in [0.5, 0.6) is 0 Å². The second kappa shape index (κ2) is 26.1. The van der Waals surface area contributed by atoms with Gasteiger partial charge in [-0.15, -0.1) is 0 Å². The Morgan fingerprint density at radius 2 is 1.14 bits per heavy atom. The number of fused-ring (bicyclic) bond motifs is 7. The van der Waals surface area contributed by atoms with Gasteiger partial charge in [0.05, 0.1) is 51.8 Å². The molecule has 28 nitrogen and oxygen atoms in total. The summed E-state index contributed by atoms with van der Waals surface area (Å²) in [6.07, 6.45) is -32.5. The zero-order valence-electron chi connectivity index (χ0n) is 47.8. The van der Waals surface area contributed by atoms with Crippen molar-refractivity contribution >= 4 is 0 Å². The minimum absolute atomic E-state index is 0.0857. The Bertz CT molecular complexity index is 2200. The number of aliphatic hydroxyl groups excluding tert-OH is 16. The van der Waals surface area contributed by atoms with Gasteiger partial charge < -0.3 is 139 Å². The van der Waals surface area contributed by atoms with Crippen molar-refractivity contribution in [3.8, 4) is 0 Å². The number of hydrogen-bond acceptors (Lipinski definition) is 28. The quantitative estimate of drug-likeness (QED) is 0.0569. The smallest absolute Gasteiger partial charge is 0.187 e. The molecule has 28 heteroatoms. The Labute approximate surface area is 486 Å². The summed E-state index contributed by atoms with van der Waals surface area (Å²) in [6, 6.07) is 0. The maximum Gasteiger partial charge on any atom is 0.187 e. The van der Waals surface area contributed by atoms with E-state index in [9.17, 15) is 86.8 Å². The lowest BCUT2D eigenvalue weighted by Crippen LogP contribution is -2.68. The first kappa shape index (κ1) is 65.6. The van der Waals surface area contributed by atoms with E-state index < -0.39 is 192 Å². The third kappa shape index (κ3) is 12.0. The van der Waals surface area contributed by atoms with Crippen LogP contribution in [0.3, 0.4) is 0 Å². The average Bonchev–Trinajstić information content (AvgIpc) is 2.08. The highest BCUT2D eigenvalue weighted by Crippen LogP contribution is 2.70. The lowest BCUT2D eigenvalue weighted by molar-refractivity contribution is -0.403. The summed E-state index contributed by atoms with van der Waals surface area (Å²) >= 11 is 0. The monoisotopic (exact) mass is 1210 g/mol. The fourth-order valence-electron chi connectivity index (χ4n) is 16.2. The van der Waals surface area contributed by atoms with Gasteiger partial charge in [0.25, 0.3) is 0 Å². The van der Waals surface area contributed by atoms with E-state index >= 15 is 0 Å². The van der Waals surface area contributed by atoms with Gasteiger partial charge in [0, 0.05) is 12.3 Å². The maximum absolute atomic E-state index is 12.1. The molecule has 30 unspecified atom stereocenters. The van der Waals surface area contributed by atoms with Crippen LogP contribution in [-0.2, 0) is 52.1 Å². The summed E-state index contributed by atoms with van der Waals surface area (Å²) in [4.78, 5) is 0. The van der Waals surface area contributed by atoms with E-state index in [1.54, 1.807) is 0 Å². The number of ether oxygens (including phenoxy) is 11. The van der Waals surface area contributed by atoms with Crippen LogP contribution in [0.1, 0.15) is 85.5 Å². The third-order valence-electron chi connectivity index (χ3n) is 21.3. The van der Waals surface area contributed by atoms with Gasteiger partial charge in [-0.25, -0.2) is 0 Å². The molecular formula is C56H92O28. The SMILES string of the molecule is C[C@@H](CC[C@@]1(O)OC2CC3C4CC=C5CC(OC6OC(CO)C(OC7OC(CO)C(O)C(OC8OCC(O)C(O)C8O)C7OC7OC(CO)C(O)C(O)C7O)C(O)C6O)CC[C@]5(C)C4CC[C@]3(C)C2[C@@H]1C)COC1OC(CO)C(O)C(O)C1O. The fraction of sp³-hybridized carbons (Fsp3) is 0.964. The second-order valence-electron chi connectivity index (χ2n) is 26.2.